The third-order valence-corrected chi connectivity index (χ3v) is 5.88. The fourth-order valence-electron chi connectivity index (χ4n) is 3.49. The lowest BCUT2D eigenvalue weighted by molar-refractivity contribution is -0.121. The second kappa shape index (κ2) is 6.65. The number of carbonyl (C=O) groups is 1. The molecule has 1 aromatic carbocycles. The average molecular weight is 341 g/mol. The number of carbonyl (C=O) groups excluding carboxylic acids is 1. The fraction of sp³-hybridized carbons (Fsp3) is 0.474. The molecule has 5 heteroatoms. The highest BCUT2D eigenvalue weighted by atomic mass is 32.1. The van der Waals surface area contributed by atoms with Crippen molar-refractivity contribution in [2.45, 2.75) is 38.6 Å². The van der Waals surface area contributed by atoms with Gasteiger partial charge in [-0.1, -0.05) is 24.3 Å². The van der Waals surface area contributed by atoms with Crippen molar-refractivity contribution < 1.29 is 4.79 Å². The third kappa shape index (κ3) is 3.37. The molecule has 0 spiro atoms. The minimum Gasteiger partial charge on any atom is -0.302 e. The molecule has 1 aliphatic heterocycles. The number of hydrogen-bond acceptors (Lipinski definition) is 4. The highest BCUT2D eigenvalue weighted by Gasteiger charge is 2.33. The topological polar surface area (TPSA) is 45.2 Å². The molecule has 2 heterocycles. The van der Waals surface area contributed by atoms with E-state index in [4.69, 9.17) is 0 Å². The van der Waals surface area contributed by atoms with Crippen LogP contribution < -0.4 is 5.32 Å². The molecule has 0 bridgehead atoms. The maximum atomic E-state index is 12.5. The lowest BCUT2D eigenvalue weighted by Gasteiger charge is -2.31. The van der Waals surface area contributed by atoms with Gasteiger partial charge in [0, 0.05) is 22.9 Å². The van der Waals surface area contributed by atoms with Crippen molar-refractivity contribution in [2.75, 3.05) is 18.4 Å². The minimum atomic E-state index is 0.130. The van der Waals surface area contributed by atoms with E-state index in [9.17, 15) is 4.79 Å². The smallest absolute Gasteiger partial charge is 0.229 e. The van der Waals surface area contributed by atoms with Gasteiger partial charge in [0.1, 0.15) is 0 Å². The summed E-state index contributed by atoms with van der Waals surface area (Å²) >= 11 is 1.51. The number of rotatable bonds is 4. The molecule has 0 unspecified atom stereocenters. The zero-order chi connectivity index (χ0) is 16.5. The van der Waals surface area contributed by atoms with Gasteiger partial charge in [-0.2, -0.15) is 0 Å². The normalized spacial score (nSPS) is 19.4. The first kappa shape index (κ1) is 15.8. The SMILES string of the molecule is Cc1ccccc1-c1csc(NC(=O)C2CCN(C3CC3)CC2)n1. The first-order valence-corrected chi connectivity index (χ1v) is 9.65. The number of anilines is 1. The van der Waals surface area contributed by atoms with Crippen LogP contribution >= 0.6 is 11.3 Å². The zero-order valence-corrected chi connectivity index (χ0v) is 14.8. The molecule has 1 saturated heterocycles. The van der Waals surface area contributed by atoms with Crippen LogP contribution in [0.3, 0.4) is 0 Å². The van der Waals surface area contributed by atoms with Crippen molar-refractivity contribution >= 4 is 22.4 Å². The van der Waals surface area contributed by atoms with E-state index in [0.29, 0.717) is 5.13 Å². The van der Waals surface area contributed by atoms with Gasteiger partial charge in [-0.05, 0) is 51.3 Å². The lowest BCUT2D eigenvalue weighted by atomic mass is 9.96. The van der Waals surface area contributed by atoms with Crippen molar-refractivity contribution in [3.05, 3.63) is 35.2 Å². The minimum absolute atomic E-state index is 0.130. The van der Waals surface area contributed by atoms with Crippen molar-refractivity contribution in [1.82, 2.24) is 9.88 Å². The predicted molar refractivity (Wildman–Crippen MR) is 98.2 cm³/mol. The van der Waals surface area contributed by atoms with Crippen LogP contribution in [0, 0.1) is 12.8 Å². The Hall–Kier alpha value is -1.72. The number of aromatic nitrogens is 1. The van der Waals surface area contributed by atoms with Gasteiger partial charge in [-0.25, -0.2) is 4.98 Å². The first-order chi connectivity index (χ1) is 11.7. The van der Waals surface area contributed by atoms with E-state index in [1.165, 1.54) is 29.7 Å². The van der Waals surface area contributed by atoms with E-state index in [2.05, 4.69) is 34.3 Å². The maximum Gasteiger partial charge on any atom is 0.229 e. The van der Waals surface area contributed by atoms with E-state index in [0.717, 1.165) is 43.2 Å². The molecule has 1 saturated carbocycles. The monoisotopic (exact) mass is 341 g/mol. The first-order valence-electron chi connectivity index (χ1n) is 8.77. The third-order valence-electron chi connectivity index (χ3n) is 5.12. The molecule has 4 rings (SSSR count). The number of hydrogen-bond donors (Lipinski definition) is 1. The molecule has 2 aromatic rings. The van der Waals surface area contributed by atoms with Crippen LogP contribution in [0.25, 0.3) is 11.3 Å². The lowest BCUT2D eigenvalue weighted by Crippen LogP contribution is -2.39. The maximum absolute atomic E-state index is 12.5. The summed E-state index contributed by atoms with van der Waals surface area (Å²) in [5.41, 5.74) is 3.28. The molecule has 1 amide bonds. The van der Waals surface area contributed by atoms with E-state index in [-0.39, 0.29) is 11.8 Å². The van der Waals surface area contributed by atoms with Gasteiger partial charge >= 0.3 is 0 Å². The largest absolute Gasteiger partial charge is 0.302 e. The summed E-state index contributed by atoms with van der Waals surface area (Å²) in [7, 11) is 0. The van der Waals surface area contributed by atoms with Crippen LogP contribution in [0.4, 0.5) is 5.13 Å². The molecule has 0 radical (unpaired) electrons. The Labute approximate surface area is 146 Å². The summed E-state index contributed by atoms with van der Waals surface area (Å²) in [4.78, 5) is 19.7. The summed E-state index contributed by atoms with van der Waals surface area (Å²) in [6, 6.07) is 9.02. The molecular formula is C19H23N3OS. The molecule has 24 heavy (non-hydrogen) atoms. The number of nitrogens with zero attached hydrogens (tertiary/aromatic N) is 2. The van der Waals surface area contributed by atoms with E-state index >= 15 is 0 Å². The van der Waals surface area contributed by atoms with E-state index in [1.54, 1.807) is 0 Å². The van der Waals surface area contributed by atoms with Gasteiger partial charge in [-0.15, -0.1) is 11.3 Å². The Balaban J connectivity index is 1.37. The summed E-state index contributed by atoms with van der Waals surface area (Å²) in [6.45, 7) is 4.21. The van der Waals surface area contributed by atoms with Gasteiger partial charge in [-0.3, -0.25) is 4.79 Å². The standard InChI is InChI=1S/C19H23N3OS/c1-13-4-2-3-5-16(13)17-12-24-19(20-17)21-18(23)14-8-10-22(11-9-14)15-6-7-15/h2-5,12,14-15H,6-11H2,1H3,(H,20,21,23). The van der Waals surface area contributed by atoms with Crippen LogP contribution in [0.2, 0.25) is 0 Å². The molecule has 2 aliphatic rings. The number of thiazole rings is 1. The number of aryl methyl sites for hydroxylation is 1. The van der Waals surface area contributed by atoms with Crippen molar-refractivity contribution in [3.8, 4) is 11.3 Å². The Morgan fingerprint density at radius 3 is 2.67 bits per heavy atom. The molecule has 1 aromatic heterocycles. The predicted octanol–water partition coefficient (Wildman–Crippen LogP) is 3.93. The molecule has 126 valence electrons. The Bertz CT molecular complexity index is 730. The highest BCUT2D eigenvalue weighted by Crippen LogP contribution is 2.32. The zero-order valence-electron chi connectivity index (χ0n) is 14.0. The van der Waals surface area contributed by atoms with Gasteiger partial charge < -0.3 is 10.2 Å². The van der Waals surface area contributed by atoms with Gasteiger partial charge in [0.15, 0.2) is 5.13 Å². The Kier molecular flexibility index (Phi) is 4.37. The van der Waals surface area contributed by atoms with Gasteiger partial charge in [0.25, 0.3) is 0 Å². The Morgan fingerprint density at radius 2 is 1.96 bits per heavy atom. The van der Waals surface area contributed by atoms with Crippen LogP contribution in [-0.2, 0) is 4.79 Å². The molecular weight excluding hydrogens is 318 g/mol. The van der Waals surface area contributed by atoms with Gasteiger partial charge in [0.2, 0.25) is 5.91 Å². The van der Waals surface area contributed by atoms with Crippen LogP contribution in [-0.4, -0.2) is 34.9 Å². The molecule has 4 nitrogen and oxygen atoms in total. The number of likely N-dealkylation sites (tertiary alicyclic amines) is 1. The van der Waals surface area contributed by atoms with Crippen LogP contribution in [0.5, 0.6) is 0 Å². The summed E-state index contributed by atoms with van der Waals surface area (Å²) in [6.07, 6.45) is 4.63. The summed E-state index contributed by atoms with van der Waals surface area (Å²) in [5.74, 6) is 0.266. The highest BCUT2D eigenvalue weighted by molar-refractivity contribution is 7.14. The average Bonchev–Trinajstić information content (AvgIpc) is 3.35. The second-order valence-corrected chi connectivity index (χ2v) is 7.74. The van der Waals surface area contributed by atoms with Crippen molar-refractivity contribution in [2.24, 2.45) is 5.92 Å². The fourth-order valence-corrected chi connectivity index (χ4v) is 4.20. The van der Waals surface area contributed by atoms with Crippen LogP contribution in [0.15, 0.2) is 29.6 Å². The quantitative estimate of drug-likeness (QED) is 0.916. The van der Waals surface area contributed by atoms with Crippen LogP contribution in [0.1, 0.15) is 31.2 Å². The molecule has 0 atom stereocenters. The molecule has 1 aliphatic carbocycles. The molecule has 2 fully saturated rings. The van der Waals surface area contributed by atoms with E-state index in [1.807, 2.05) is 17.5 Å². The number of amides is 1. The second-order valence-electron chi connectivity index (χ2n) is 6.88. The number of piperidine rings is 1. The van der Waals surface area contributed by atoms with Crippen molar-refractivity contribution in [3.63, 3.8) is 0 Å². The number of nitrogens with one attached hydrogen (secondary N) is 1. The Morgan fingerprint density at radius 1 is 1.21 bits per heavy atom. The van der Waals surface area contributed by atoms with Gasteiger partial charge in [0.05, 0.1) is 5.69 Å². The summed E-state index contributed by atoms with van der Waals surface area (Å²) in [5, 5.41) is 5.76. The molecule has 1 N–H and O–H groups in total. The summed E-state index contributed by atoms with van der Waals surface area (Å²) < 4.78 is 0. The van der Waals surface area contributed by atoms with E-state index < -0.39 is 0 Å². The number of benzene rings is 1. The van der Waals surface area contributed by atoms with Crippen molar-refractivity contribution in [1.29, 1.82) is 0 Å².